The molecule has 1 aromatic carbocycles. The Morgan fingerprint density at radius 2 is 2.17 bits per heavy atom. The molecular formula is C13H15F3N4O3. The van der Waals surface area contributed by atoms with Gasteiger partial charge in [0.25, 0.3) is 5.69 Å². The highest BCUT2D eigenvalue weighted by Crippen LogP contribution is 2.35. The van der Waals surface area contributed by atoms with Crippen LogP contribution in [0.2, 0.25) is 0 Å². The molecule has 2 rings (SSSR count). The lowest BCUT2D eigenvalue weighted by atomic mass is 10.1. The van der Waals surface area contributed by atoms with Gasteiger partial charge in [-0.2, -0.15) is 13.2 Å². The Bertz CT molecular complexity index is 621. The number of amides is 2. The zero-order valence-electron chi connectivity index (χ0n) is 12.0. The van der Waals surface area contributed by atoms with Crippen molar-refractivity contribution < 1.29 is 22.9 Å². The van der Waals surface area contributed by atoms with Crippen molar-refractivity contribution in [3.05, 3.63) is 33.9 Å². The third-order valence-electron chi connectivity index (χ3n) is 3.70. The number of rotatable bonds is 4. The maximum absolute atomic E-state index is 12.6. The number of hydrogen-bond donors (Lipinski definition) is 2. The average Bonchev–Trinajstić information content (AvgIpc) is 2.92. The van der Waals surface area contributed by atoms with E-state index in [0.29, 0.717) is 32.1 Å². The topological polar surface area (TPSA) is 102 Å². The second kappa shape index (κ2) is 6.31. The summed E-state index contributed by atoms with van der Waals surface area (Å²) < 4.78 is 37.9. The minimum Gasteiger partial charge on any atom is -0.379 e. The number of nitrogens with zero attached hydrogens (tertiary/aromatic N) is 2. The number of nitro benzene ring substituents is 1. The highest BCUT2D eigenvalue weighted by Gasteiger charge is 2.33. The van der Waals surface area contributed by atoms with Crippen LogP contribution in [-0.2, 0) is 6.18 Å². The highest BCUT2D eigenvalue weighted by atomic mass is 19.4. The molecule has 1 saturated heterocycles. The van der Waals surface area contributed by atoms with E-state index in [0.717, 1.165) is 12.1 Å². The summed E-state index contributed by atoms with van der Waals surface area (Å²) in [7, 11) is 0. The van der Waals surface area contributed by atoms with Gasteiger partial charge in [-0.15, -0.1) is 0 Å². The van der Waals surface area contributed by atoms with Gasteiger partial charge in [0, 0.05) is 25.7 Å². The number of nitrogens with two attached hydrogens (primary N) is 1. The number of carbonyl (C=O) groups is 1. The normalized spacial score (nSPS) is 18.0. The van der Waals surface area contributed by atoms with Gasteiger partial charge in [0.05, 0.1) is 10.5 Å². The number of nitrogens with one attached hydrogen (secondary N) is 1. The molecule has 3 N–H and O–H groups in total. The fraction of sp³-hybridized carbons (Fsp3) is 0.462. The molecule has 0 radical (unpaired) electrons. The Kier molecular flexibility index (Phi) is 4.62. The smallest absolute Gasteiger partial charge is 0.379 e. The zero-order chi connectivity index (χ0) is 17.2. The van der Waals surface area contributed by atoms with E-state index in [1.807, 2.05) is 0 Å². The number of nitro groups is 1. The maximum atomic E-state index is 12.6. The predicted octanol–water partition coefficient (Wildman–Crippen LogP) is 2.43. The van der Waals surface area contributed by atoms with Gasteiger partial charge in [-0.05, 0) is 24.5 Å². The minimum atomic E-state index is -4.64. The van der Waals surface area contributed by atoms with Gasteiger partial charge in [-0.1, -0.05) is 0 Å². The maximum Gasteiger partial charge on any atom is 0.416 e. The summed E-state index contributed by atoms with van der Waals surface area (Å²) in [5, 5.41) is 13.8. The van der Waals surface area contributed by atoms with Gasteiger partial charge in [0.1, 0.15) is 5.69 Å². The number of urea groups is 1. The molecule has 1 heterocycles. The molecule has 10 heteroatoms. The van der Waals surface area contributed by atoms with E-state index in [-0.39, 0.29) is 11.6 Å². The lowest BCUT2D eigenvalue weighted by Gasteiger charge is -2.15. The number of hydrogen-bond acceptors (Lipinski definition) is 4. The molecule has 23 heavy (non-hydrogen) atoms. The SMILES string of the molecule is NC(=O)N1CC[C@@H](CNc2ccc(C(F)(F)F)cc2[N+](=O)[O-])C1. The van der Waals surface area contributed by atoms with Crippen LogP contribution in [0.15, 0.2) is 18.2 Å². The molecule has 1 aliphatic heterocycles. The molecule has 1 atom stereocenters. The zero-order valence-corrected chi connectivity index (χ0v) is 12.0. The molecule has 2 amide bonds. The van der Waals surface area contributed by atoms with Gasteiger partial charge in [0.15, 0.2) is 0 Å². The van der Waals surface area contributed by atoms with E-state index in [9.17, 15) is 28.1 Å². The third-order valence-corrected chi connectivity index (χ3v) is 3.70. The molecule has 0 aliphatic carbocycles. The van der Waals surface area contributed by atoms with Crippen molar-refractivity contribution in [1.29, 1.82) is 0 Å². The summed E-state index contributed by atoms with van der Waals surface area (Å²) in [4.78, 5) is 22.6. The summed E-state index contributed by atoms with van der Waals surface area (Å²) in [5.74, 6) is 0.0318. The van der Waals surface area contributed by atoms with Crippen molar-refractivity contribution in [2.24, 2.45) is 11.7 Å². The van der Waals surface area contributed by atoms with Crippen LogP contribution >= 0.6 is 0 Å². The van der Waals surface area contributed by atoms with Crippen LogP contribution in [0.5, 0.6) is 0 Å². The molecular weight excluding hydrogens is 317 g/mol. The Balaban J connectivity index is 2.08. The second-order valence-electron chi connectivity index (χ2n) is 5.31. The molecule has 1 fully saturated rings. The summed E-state index contributed by atoms with van der Waals surface area (Å²) in [6, 6.07) is 1.81. The highest BCUT2D eigenvalue weighted by molar-refractivity contribution is 5.72. The van der Waals surface area contributed by atoms with E-state index in [1.54, 1.807) is 0 Å². The monoisotopic (exact) mass is 332 g/mol. The van der Waals surface area contributed by atoms with E-state index in [4.69, 9.17) is 5.73 Å². The Morgan fingerprint density at radius 1 is 1.48 bits per heavy atom. The predicted molar refractivity (Wildman–Crippen MR) is 75.9 cm³/mol. The molecule has 1 aromatic rings. The lowest BCUT2D eigenvalue weighted by Crippen LogP contribution is -2.34. The summed E-state index contributed by atoms with van der Waals surface area (Å²) in [6.07, 6.45) is -3.97. The van der Waals surface area contributed by atoms with Crippen LogP contribution in [0.4, 0.5) is 29.3 Å². The van der Waals surface area contributed by atoms with Gasteiger partial charge in [-0.25, -0.2) is 4.79 Å². The molecule has 0 bridgehead atoms. The van der Waals surface area contributed by atoms with Crippen LogP contribution in [-0.4, -0.2) is 35.5 Å². The Morgan fingerprint density at radius 3 is 2.70 bits per heavy atom. The standard InChI is InChI=1S/C13H15F3N4O3/c14-13(15,16)9-1-2-10(11(5-9)20(22)23)18-6-8-3-4-19(7-8)12(17)21/h1-2,5,8,18H,3-4,6-7H2,(H2,17,21)/t8-/m0/s1. The van der Waals surface area contributed by atoms with E-state index in [1.165, 1.54) is 4.90 Å². The van der Waals surface area contributed by atoms with Gasteiger partial charge in [0.2, 0.25) is 0 Å². The van der Waals surface area contributed by atoms with Crippen LogP contribution in [0.1, 0.15) is 12.0 Å². The summed E-state index contributed by atoms with van der Waals surface area (Å²) in [6.45, 7) is 1.21. The molecule has 126 valence electrons. The van der Waals surface area contributed by atoms with E-state index < -0.39 is 28.4 Å². The van der Waals surface area contributed by atoms with Crippen molar-refractivity contribution in [3.8, 4) is 0 Å². The number of halogens is 3. The largest absolute Gasteiger partial charge is 0.416 e. The fourth-order valence-electron chi connectivity index (χ4n) is 2.46. The number of benzene rings is 1. The van der Waals surface area contributed by atoms with Crippen molar-refractivity contribution >= 4 is 17.4 Å². The van der Waals surface area contributed by atoms with Gasteiger partial charge >= 0.3 is 12.2 Å². The third kappa shape index (κ3) is 4.02. The number of alkyl halides is 3. The Labute approximate surface area is 129 Å². The number of carbonyl (C=O) groups excluding carboxylic acids is 1. The molecule has 0 spiro atoms. The number of likely N-dealkylation sites (tertiary alicyclic amines) is 1. The first-order valence-corrected chi connectivity index (χ1v) is 6.82. The molecule has 7 nitrogen and oxygen atoms in total. The summed E-state index contributed by atoms with van der Waals surface area (Å²) in [5.41, 5.74) is 3.47. The second-order valence-corrected chi connectivity index (χ2v) is 5.31. The molecule has 1 aliphatic rings. The fourth-order valence-corrected chi connectivity index (χ4v) is 2.46. The van der Waals surface area contributed by atoms with Crippen molar-refractivity contribution in [3.63, 3.8) is 0 Å². The average molecular weight is 332 g/mol. The van der Waals surface area contributed by atoms with Crippen LogP contribution < -0.4 is 11.1 Å². The molecule has 0 aromatic heterocycles. The number of primary amides is 1. The minimum absolute atomic E-state index is 0.0144. The van der Waals surface area contributed by atoms with Crippen LogP contribution in [0.3, 0.4) is 0 Å². The molecule has 0 saturated carbocycles. The molecule has 0 unspecified atom stereocenters. The summed E-state index contributed by atoms with van der Waals surface area (Å²) >= 11 is 0. The lowest BCUT2D eigenvalue weighted by molar-refractivity contribution is -0.384. The quantitative estimate of drug-likeness (QED) is 0.653. The first-order valence-electron chi connectivity index (χ1n) is 6.82. The van der Waals surface area contributed by atoms with E-state index >= 15 is 0 Å². The Hall–Kier alpha value is -2.52. The van der Waals surface area contributed by atoms with E-state index in [2.05, 4.69) is 5.32 Å². The van der Waals surface area contributed by atoms with Crippen molar-refractivity contribution in [2.45, 2.75) is 12.6 Å². The first kappa shape index (κ1) is 16.8. The first-order chi connectivity index (χ1) is 10.7. The van der Waals surface area contributed by atoms with Crippen molar-refractivity contribution in [2.75, 3.05) is 25.0 Å². The van der Waals surface area contributed by atoms with Crippen LogP contribution in [0, 0.1) is 16.0 Å². The van der Waals surface area contributed by atoms with Crippen molar-refractivity contribution in [1.82, 2.24) is 4.90 Å². The number of anilines is 1. The van der Waals surface area contributed by atoms with Crippen LogP contribution in [0.25, 0.3) is 0 Å². The van der Waals surface area contributed by atoms with Gasteiger partial charge < -0.3 is 16.0 Å². The van der Waals surface area contributed by atoms with Gasteiger partial charge in [-0.3, -0.25) is 10.1 Å².